The van der Waals surface area contributed by atoms with E-state index in [9.17, 15) is 9.59 Å². The molecule has 1 rings (SSSR count). The Hall–Kier alpha value is -2.30. The van der Waals surface area contributed by atoms with Crippen LogP contribution in [-0.2, 0) is 16.0 Å². The number of hydrogen-bond acceptors (Lipinski definition) is 3. The van der Waals surface area contributed by atoms with Crippen LogP contribution in [0.2, 0.25) is 0 Å². The third-order valence-electron chi connectivity index (χ3n) is 2.07. The number of benzene rings is 1. The Morgan fingerprint density at radius 1 is 1.24 bits per heavy atom. The van der Waals surface area contributed by atoms with Crippen LogP contribution in [0.5, 0.6) is 0 Å². The van der Waals surface area contributed by atoms with Crippen LogP contribution in [0.3, 0.4) is 0 Å². The lowest BCUT2D eigenvalue weighted by atomic mass is 10.1. The maximum atomic E-state index is 11.1. The monoisotopic (exact) mass is 234 g/mol. The zero-order chi connectivity index (χ0) is 12.7. The van der Waals surface area contributed by atoms with Crippen molar-refractivity contribution < 1.29 is 14.7 Å². The molecule has 0 saturated carbocycles. The summed E-state index contributed by atoms with van der Waals surface area (Å²) in [5, 5.41) is 10.9. The fraction of sp³-hybridized carbons (Fsp3) is 0.167. The van der Waals surface area contributed by atoms with Gasteiger partial charge >= 0.3 is 5.97 Å². The Kier molecular flexibility index (Phi) is 4.75. The van der Waals surface area contributed by atoms with Gasteiger partial charge < -0.3 is 16.2 Å². The molecular weight excluding hydrogens is 220 g/mol. The van der Waals surface area contributed by atoms with Crippen LogP contribution in [0.1, 0.15) is 5.56 Å². The summed E-state index contributed by atoms with van der Waals surface area (Å²) >= 11 is 0. The number of amides is 1. The van der Waals surface area contributed by atoms with Crippen molar-refractivity contribution in [3.8, 4) is 0 Å². The molecule has 0 aliphatic heterocycles. The summed E-state index contributed by atoms with van der Waals surface area (Å²) in [5.41, 5.74) is 7.29. The van der Waals surface area contributed by atoms with Gasteiger partial charge in [-0.15, -0.1) is 0 Å². The molecule has 0 fully saturated rings. The van der Waals surface area contributed by atoms with Gasteiger partial charge in [0.2, 0.25) is 5.91 Å². The van der Waals surface area contributed by atoms with Crippen molar-refractivity contribution >= 4 is 17.6 Å². The van der Waals surface area contributed by atoms with Gasteiger partial charge in [0.25, 0.3) is 0 Å². The first-order chi connectivity index (χ1) is 8.08. The molecule has 0 aliphatic rings. The van der Waals surface area contributed by atoms with E-state index in [1.54, 1.807) is 12.1 Å². The number of hydrogen-bond donors (Lipinski definition) is 3. The summed E-state index contributed by atoms with van der Waals surface area (Å²) in [6.45, 7) is 0.451. The molecule has 1 aromatic carbocycles. The number of rotatable bonds is 5. The normalized spacial score (nSPS) is 10.4. The Balaban J connectivity index is 2.30. The number of nitrogens with two attached hydrogens (primary N) is 1. The Bertz CT molecular complexity index is 424. The predicted molar refractivity (Wildman–Crippen MR) is 64.3 cm³/mol. The lowest BCUT2D eigenvalue weighted by Gasteiger charge is -2.03. The van der Waals surface area contributed by atoms with Crippen LogP contribution in [0.25, 0.3) is 0 Å². The highest BCUT2D eigenvalue weighted by atomic mass is 16.4. The predicted octanol–water partition coefficient (Wildman–Crippen LogP) is 0.568. The fourth-order valence-electron chi connectivity index (χ4n) is 1.22. The van der Waals surface area contributed by atoms with E-state index in [4.69, 9.17) is 10.8 Å². The summed E-state index contributed by atoms with van der Waals surface area (Å²) in [6, 6.07) is 7.35. The van der Waals surface area contributed by atoms with E-state index in [1.165, 1.54) is 0 Å². The van der Waals surface area contributed by atoms with E-state index >= 15 is 0 Å². The number of nitrogens with one attached hydrogen (secondary N) is 1. The van der Waals surface area contributed by atoms with E-state index < -0.39 is 11.9 Å². The van der Waals surface area contributed by atoms with Gasteiger partial charge in [0.1, 0.15) is 0 Å². The number of carboxylic acid groups (broad SMARTS) is 1. The average Bonchev–Trinajstić information content (AvgIpc) is 2.29. The minimum absolute atomic E-state index is 0.414. The van der Waals surface area contributed by atoms with Gasteiger partial charge in [0.05, 0.1) is 0 Å². The lowest BCUT2D eigenvalue weighted by Crippen LogP contribution is -2.23. The molecule has 1 amide bonds. The largest absolute Gasteiger partial charge is 0.478 e. The second-order valence-corrected chi connectivity index (χ2v) is 3.45. The van der Waals surface area contributed by atoms with Gasteiger partial charge in [-0.05, 0) is 24.1 Å². The van der Waals surface area contributed by atoms with Gasteiger partial charge in [-0.3, -0.25) is 4.79 Å². The quantitative estimate of drug-likeness (QED) is 0.513. The van der Waals surface area contributed by atoms with Gasteiger partial charge in [-0.2, -0.15) is 0 Å². The molecule has 0 aliphatic carbocycles. The van der Waals surface area contributed by atoms with Gasteiger partial charge in [-0.1, -0.05) is 12.1 Å². The molecule has 0 heterocycles. The molecule has 5 nitrogen and oxygen atoms in total. The topological polar surface area (TPSA) is 92.4 Å². The third-order valence-corrected chi connectivity index (χ3v) is 2.07. The van der Waals surface area contributed by atoms with Crippen LogP contribution in [0.4, 0.5) is 5.69 Å². The van der Waals surface area contributed by atoms with Crippen molar-refractivity contribution in [2.24, 2.45) is 0 Å². The minimum atomic E-state index is -1.14. The zero-order valence-electron chi connectivity index (χ0n) is 9.22. The first-order valence-corrected chi connectivity index (χ1v) is 5.11. The smallest absolute Gasteiger partial charge is 0.328 e. The number of anilines is 1. The highest BCUT2D eigenvalue weighted by molar-refractivity contribution is 5.93. The van der Waals surface area contributed by atoms with Crippen molar-refractivity contribution in [2.45, 2.75) is 6.42 Å². The van der Waals surface area contributed by atoms with Crippen molar-refractivity contribution in [2.75, 3.05) is 12.3 Å². The molecule has 0 atom stereocenters. The van der Waals surface area contributed by atoms with Crippen molar-refractivity contribution in [1.82, 2.24) is 5.32 Å². The van der Waals surface area contributed by atoms with Crippen LogP contribution in [0, 0.1) is 0 Å². The van der Waals surface area contributed by atoms with Crippen molar-refractivity contribution in [3.05, 3.63) is 42.0 Å². The zero-order valence-corrected chi connectivity index (χ0v) is 9.22. The van der Waals surface area contributed by atoms with Crippen LogP contribution >= 0.6 is 0 Å². The Morgan fingerprint density at radius 3 is 2.47 bits per heavy atom. The number of aliphatic carboxylic acids is 1. The van der Waals surface area contributed by atoms with E-state index in [2.05, 4.69) is 5.32 Å². The molecule has 0 spiro atoms. The fourth-order valence-corrected chi connectivity index (χ4v) is 1.22. The van der Waals surface area contributed by atoms with Gasteiger partial charge in [0.15, 0.2) is 0 Å². The second-order valence-electron chi connectivity index (χ2n) is 3.45. The molecule has 5 heteroatoms. The molecule has 17 heavy (non-hydrogen) atoms. The van der Waals surface area contributed by atoms with E-state index in [0.717, 1.165) is 17.7 Å². The molecule has 0 bridgehead atoms. The third kappa shape index (κ3) is 5.36. The molecule has 0 radical (unpaired) electrons. The summed E-state index contributed by atoms with van der Waals surface area (Å²) in [6.07, 6.45) is 2.47. The van der Waals surface area contributed by atoms with Gasteiger partial charge in [0, 0.05) is 24.4 Å². The molecule has 1 aromatic rings. The number of carbonyl (C=O) groups excluding carboxylic acids is 1. The van der Waals surface area contributed by atoms with Crippen LogP contribution in [-0.4, -0.2) is 23.5 Å². The second kappa shape index (κ2) is 6.32. The minimum Gasteiger partial charge on any atom is -0.478 e. The van der Waals surface area contributed by atoms with E-state index in [0.29, 0.717) is 18.7 Å². The van der Waals surface area contributed by atoms with Crippen molar-refractivity contribution in [3.63, 3.8) is 0 Å². The maximum Gasteiger partial charge on any atom is 0.328 e. The van der Waals surface area contributed by atoms with E-state index in [-0.39, 0.29) is 0 Å². The number of carbonyl (C=O) groups is 2. The van der Waals surface area contributed by atoms with Crippen LogP contribution < -0.4 is 11.1 Å². The molecule has 0 unspecified atom stereocenters. The molecule has 4 N–H and O–H groups in total. The highest BCUT2D eigenvalue weighted by Crippen LogP contribution is 2.05. The number of nitrogen functional groups attached to an aromatic ring is 1. The SMILES string of the molecule is Nc1ccc(CCNC(=O)C=CC(=O)O)cc1. The first kappa shape index (κ1) is 12.8. The van der Waals surface area contributed by atoms with Crippen LogP contribution in [0.15, 0.2) is 36.4 Å². The summed E-state index contributed by atoms with van der Waals surface area (Å²) in [7, 11) is 0. The first-order valence-electron chi connectivity index (χ1n) is 5.11. The van der Waals surface area contributed by atoms with Gasteiger partial charge in [-0.25, -0.2) is 4.79 Å². The van der Waals surface area contributed by atoms with E-state index in [1.807, 2.05) is 12.1 Å². The summed E-state index contributed by atoms with van der Waals surface area (Å²) in [4.78, 5) is 21.3. The average molecular weight is 234 g/mol. The summed E-state index contributed by atoms with van der Waals surface area (Å²) < 4.78 is 0. The molecule has 90 valence electrons. The molecule has 0 saturated heterocycles. The Morgan fingerprint density at radius 2 is 1.88 bits per heavy atom. The molecule has 0 aromatic heterocycles. The number of carboxylic acids is 1. The maximum absolute atomic E-state index is 11.1. The standard InChI is InChI=1S/C12H14N2O3/c13-10-3-1-9(2-4-10)7-8-14-11(15)5-6-12(16)17/h1-6H,7-8,13H2,(H,14,15)(H,16,17). The molecular formula is C12H14N2O3. The Labute approximate surface area is 98.9 Å². The highest BCUT2D eigenvalue weighted by Gasteiger charge is 1.97. The summed E-state index contributed by atoms with van der Waals surface area (Å²) in [5.74, 6) is -1.55. The lowest BCUT2D eigenvalue weighted by molar-refractivity contribution is -0.131. The van der Waals surface area contributed by atoms with Crippen molar-refractivity contribution in [1.29, 1.82) is 0 Å².